The lowest BCUT2D eigenvalue weighted by Gasteiger charge is -2.40. The van der Waals surface area contributed by atoms with Crippen LogP contribution in [0.1, 0.15) is 26.7 Å². The largest absolute Gasteiger partial charge is 0.391 e. The van der Waals surface area contributed by atoms with Gasteiger partial charge in [0, 0.05) is 5.92 Å². The molecule has 0 aromatic carbocycles. The van der Waals surface area contributed by atoms with Crippen LogP contribution in [0.5, 0.6) is 0 Å². The lowest BCUT2D eigenvalue weighted by molar-refractivity contribution is -0.362. The van der Waals surface area contributed by atoms with Crippen molar-refractivity contribution in [2.45, 2.75) is 56.6 Å². The fourth-order valence-electron chi connectivity index (χ4n) is 1.20. The number of rotatable bonds is 0. The molecule has 0 saturated heterocycles. The molecule has 1 saturated carbocycles. The normalized spacial score (nSPS) is 26.0. The fraction of sp³-hybridized carbons (Fsp3) is 1.00. The van der Waals surface area contributed by atoms with Crippen LogP contribution < -0.4 is 0 Å². The van der Waals surface area contributed by atoms with Crippen molar-refractivity contribution in [3.05, 3.63) is 0 Å². The molecule has 0 unspecified atom stereocenters. The van der Waals surface area contributed by atoms with Gasteiger partial charge < -0.3 is 0 Å². The van der Waals surface area contributed by atoms with E-state index in [0.29, 0.717) is 0 Å². The van der Waals surface area contributed by atoms with Gasteiger partial charge in [0.05, 0.1) is 12.8 Å². The lowest BCUT2D eigenvalue weighted by atomic mass is 9.86. The molecule has 1 aliphatic carbocycles. The van der Waals surface area contributed by atoms with Gasteiger partial charge in [0.1, 0.15) is 0 Å². The first kappa shape index (κ1) is 20.2. The molecule has 0 aromatic rings. The van der Waals surface area contributed by atoms with Crippen LogP contribution in [-0.2, 0) is 0 Å². The lowest BCUT2D eigenvalue weighted by Crippen LogP contribution is -2.62. The third-order valence-electron chi connectivity index (χ3n) is 2.53. The van der Waals surface area contributed by atoms with Gasteiger partial charge in [-0.1, -0.05) is 13.8 Å². The van der Waals surface area contributed by atoms with Crippen molar-refractivity contribution in [3.63, 3.8) is 0 Å². The fourth-order valence-corrected chi connectivity index (χ4v) is 1.20. The molecule has 128 valence electrons. The topological polar surface area (TPSA) is 0 Å². The maximum absolute atomic E-state index is 12.3. The van der Waals surface area contributed by atoms with E-state index in [1.54, 1.807) is 0 Å². The summed E-state index contributed by atoms with van der Waals surface area (Å²) in [6.07, 6.45) is -9.11. The van der Waals surface area contributed by atoms with Crippen LogP contribution in [0.4, 0.5) is 48.3 Å². The monoisotopic (exact) mass is 340 g/mol. The van der Waals surface area contributed by atoms with Crippen LogP contribution in [0.3, 0.4) is 0 Å². The number of hydrogen-bond acceptors (Lipinski definition) is 0. The Morgan fingerprint density at radius 1 is 0.714 bits per heavy atom. The summed E-state index contributed by atoms with van der Waals surface area (Å²) in [5, 5.41) is 0. The highest BCUT2D eigenvalue weighted by Gasteiger charge is 2.78. The van der Waals surface area contributed by atoms with E-state index in [1.165, 1.54) is 0 Å². The van der Waals surface area contributed by atoms with E-state index >= 15 is 0 Å². The van der Waals surface area contributed by atoms with Crippen molar-refractivity contribution < 1.29 is 48.3 Å². The first-order valence-electron chi connectivity index (χ1n) is 5.44. The predicted molar refractivity (Wildman–Crippen MR) is 49.9 cm³/mol. The third kappa shape index (κ3) is 4.60. The summed E-state index contributed by atoms with van der Waals surface area (Å²) < 4.78 is 132. The highest BCUT2D eigenvalue weighted by Crippen LogP contribution is 2.57. The van der Waals surface area contributed by atoms with E-state index in [1.807, 2.05) is 0 Å². The minimum atomic E-state index is -5.72. The summed E-state index contributed by atoms with van der Waals surface area (Å²) in [6.45, 7) is 2.25. The zero-order valence-corrected chi connectivity index (χ0v) is 10.6. The Bertz CT molecular complexity index is 331. The Labute approximate surface area is 112 Å². The first-order chi connectivity index (χ1) is 8.86. The highest BCUT2D eigenvalue weighted by molar-refractivity contribution is 5.05. The summed E-state index contributed by atoms with van der Waals surface area (Å²) in [6, 6.07) is 0. The van der Waals surface area contributed by atoms with E-state index in [-0.39, 0.29) is 0 Å². The molecule has 1 aliphatic rings. The van der Waals surface area contributed by atoms with Gasteiger partial charge in [0.2, 0.25) is 0 Å². The number of hydrogen-bond donors (Lipinski definition) is 0. The second kappa shape index (κ2) is 5.45. The molecule has 21 heavy (non-hydrogen) atoms. The standard InChI is InChI=1S/C6H4F8.C4H7F3/c7-3(8)1-4(9,10)6(13,14)5(11,12)2-3;1-3(2)4(5,6)7/h1-2H2;3H,1-2H3. The van der Waals surface area contributed by atoms with Crippen LogP contribution in [0.25, 0.3) is 0 Å². The molecule has 0 heterocycles. The second-order valence-corrected chi connectivity index (χ2v) is 4.89. The van der Waals surface area contributed by atoms with Crippen molar-refractivity contribution in [2.24, 2.45) is 5.92 Å². The summed E-state index contributed by atoms with van der Waals surface area (Å²) in [4.78, 5) is 0. The Hall–Kier alpha value is -0.770. The molecule has 0 aliphatic heterocycles. The van der Waals surface area contributed by atoms with Gasteiger partial charge in [0.15, 0.2) is 0 Å². The zero-order chi connectivity index (χ0) is 17.5. The summed E-state index contributed by atoms with van der Waals surface area (Å²) >= 11 is 0. The van der Waals surface area contributed by atoms with Gasteiger partial charge >= 0.3 is 23.9 Å². The first-order valence-corrected chi connectivity index (χ1v) is 5.44. The molecule has 0 N–H and O–H groups in total. The summed E-state index contributed by atoms with van der Waals surface area (Å²) in [5.41, 5.74) is 0. The molecule has 0 radical (unpaired) electrons. The van der Waals surface area contributed by atoms with Crippen molar-refractivity contribution in [3.8, 4) is 0 Å². The Balaban J connectivity index is 0.000000486. The van der Waals surface area contributed by atoms with Gasteiger partial charge in [-0.3, -0.25) is 0 Å². The molecular formula is C10H11F11. The van der Waals surface area contributed by atoms with Crippen molar-refractivity contribution in [2.75, 3.05) is 0 Å². The Morgan fingerprint density at radius 2 is 0.952 bits per heavy atom. The molecule has 11 heteroatoms. The van der Waals surface area contributed by atoms with E-state index in [0.717, 1.165) is 13.8 Å². The average molecular weight is 340 g/mol. The van der Waals surface area contributed by atoms with Gasteiger partial charge in [-0.2, -0.15) is 39.5 Å². The zero-order valence-electron chi connectivity index (χ0n) is 10.6. The Kier molecular flexibility index (Phi) is 5.25. The smallest absolute Gasteiger partial charge is 0.206 e. The van der Waals surface area contributed by atoms with Crippen LogP contribution in [0.2, 0.25) is 0 Å². The molecule has 0 bridgehead atoms. The quantitative estimate of drug-likeness (QED) is 0.509. The summed E-state index contributed by atoms with van der Waals surface area (Å²) in [7, 11) is 0. The van der Waals surface area contributed by atoms with E-state index in [2.05, 4.69) is 0 Å². The Morgan fingerprint density at radius 3 is 1.14 bits per heavy atom. The van der Waals surface area contributed by atoms with Crippen LogP contribution in [-0.4, -0.2) is 29.9 Å². The van der Waals surface area contributed by atoms with Crippen molar-refractivity contribution >= 4 is 0 Å². The molecule has 0 nitrogen and oxygen atoms in total. The van der Waals surface area contributed by atoms with Crippen LogP contribution in [0.15, 0.2) is 0 Å². The van der Waals surface area contributed by atoms with E-state index in [9.17, 15) is 48.3 Å². The van der Waals surface area contributed by atoms with Crippen LogP contribution >= 0.6 is 0 Å². The maximum atomic E-state index is 12.3. The highest BCUT2D eigenvalue weighted by atomic mass is 19.4. The molecule has 1 rings (SSSR count). The SMILES string of the molecule is CC(C)C(F)(F)F.FC1(F)CC(F)(F)C(F)(F)C(F)(F)C1. The molecule has 0 atom stereocenters. The summed E-state index contributed by atoms with van der Waals surface area (Å²) in [5.74, 6) is -22.2. The van der Waals surface area contributed by atoms with Gasteiger partial charge in [-0.25, -0.2) is 8.78 Å². The average Bonchev–Trinajstić information content (AvgIpc) is 2.10. The van der Waals surface area contributed by atoms with Crippen LogP contribution in [0, 0.1) is 5.92 Å². The minimum Gasteiger partial charge on any atom is -0.206 e. The maximum Gasteiger partial charge on any atom is 0.391 e. The second-order valence-electron chi connectivity index (χ2n) is 4.89. The van der Waals surface area contributed by atoms with E-state index < -0.39 is 48.6 Å². The molecule has 0 amide bonds. The van der Waals surface area contributed by atoms with Crippen molar-refractivity contribution in [1.82, 2.24) is 0 Å². The number of alkyl halides is 11. The molecule has 0 spiro atoms. The minimum absolute atomic E-state index is 1.12. The van der Waals surface area contributed by atoms with Gasteiger partial charge in [0.25, 0.3) is 5.92 Å². The molecular weight excluding hydrogens is 329 g/mol. The number of halogens is 11. The third-order valence-corrected chi connectivity index (χ3v) is 2.53. The molecule has 0 aromatic heterocycles. The van der Waals surface area contributed by atoms with E-state index in [4.69, 9.17) is 0 Å². The molecule has 1 fully saturated rings. The predicted octanol–water partition coefficient (Wildman–Crippen LogP) is 5.53. The van der Waals surface area contributed by atoms with Gasteiger partial charge in [-0.05, 0) is 0 Å². The van der Waals surface area contributed by atoms with Crippen molar-refractivity contribution in [1.29, 1.82) is 0 Å². The van der Waals surface area contributed by atoms with Gasteiger partial charge in [-0.15, -0.1) is 0 Å².